The Bertz CT molecular complexity index is 1270. The summed E-state index contributed by atoms with van der Waals surface area (Å²) in [4.78, 5) is 0. The molecule has 3 saturated carbocycles. The number of pyridine rings is 1. The Balaban J connectivity index is 0.000000488. The first-order chi connectivity index (χ1) is 20.5. The van der Waals surface area contributed by atoms with E-state index in [-0.39, 0.29) is 0 Å². The van der Waals surface area contributed by atoms with Crippen LogP contribution in [0.3, 0.4) is 0 Å². The summed E-state index contributed by atoms with van der Waals surface area (Å²) in [6.07, 6.45) is 20.8. The number of aromatic nitrogens is 1. The van der Waals surface area contributed by atoms with Crippen LogP contribution in [0.1, 0.15) is 105 Å². The molecule has 1 aromatic rings. The highest BCUT2D eigenvalue weighted by molar-refractivity contribution is 8.76. The molecule has 0 saturated heterocycles. The van der Waals surface area contributed by atoms with Gasteiger partial charge in [0.2, 0.25) is 5.03 Å². The summed E-state index contributed by atoms with van der Waals surface area (Å²) in [5.74, 6) is 5.61. The summed E-state index contributed by atoms with van der Waals surface area (Å²) >= 11 is 0. The van der Waals surface area contributed by atoms with Gasteiger partial charge in [0.25, 0.3) is 0 Å². The molecule has 4 aliphatic rings. The molecule has 44 heavy (non-hydrogen) atoms. The molecule has 1 heterocycles. The molecule has 0 amide bonds. The lowest BCUT2D eigenvalue weighted by molar-refractivity contribution is -0.708. The number of rotatable bonds is 8. The third-order valence-corrected chi connectivity index (χ3v) is 15.4. The number of hydrogen-bond acceptors (Lipinski definition) is 5. The van der Waals surface area contributed by atoms with Gasteiger partial charge < -0.3 is 4.55 Å². The van der Waals surface area contributed by atoms with E-state index in [9.17, 15) is 13.2 Å². The van der Waals surface area contributed by atoms with Crippen LogP contribution in [0.4, 0.5) is 13.2 Å². The molecule has 0 aliphatic heterocycles. The van der Waals surface area contributed by atoms with Crippen molar-refractivity contribution < 1.29 is 30.7 Å². The standard InChI is InChI=1S/C33H52NS2.CHF3O3S/c1-23(2)10-9-11-24(3)28-15-16-29-27-14-13-25-22-26(35-36-31-12-7-8-21-34(31)6)17-19-32(25,4)30(27)18-20-33(28,29)5;2-1(3,4)8(5,6)7/h7-8,12-13,21,23-24,26-30H,9-11,14-20,22H2,1-6H3;(H,5,6,7)/q+1;/p-1/t24-,26?,27+,28-,29+,30+,32+,33-;/m1./s1. The molecule has 250 valence electrons. The lowest BCUT2D eigenvalue weighted by Gasteiger charge is -2.58. The first-order valence-electron chi connectivity index (χ1n) is 16.5. The lowest BCUT2D eigenvalue weighted by atomic mass is 9.47. The quantitative estimate of drug-likeness (QED) is 0.0903. The molecule has 8 atom stereocenters. The van der Waals surface area contributed by atoms with Crippen LogP contribution in [0.2, 0.25) is 0 Å². The number of aryl methyl sites for hydroxylation is 1. The predicted molar refractivity (Wildman–Crippen MR) is 174 cm³/mol. The van der Waals surface area contributed by atoms with Crippen LogP contribution in [-0.2, 0) is 17.2 Å². The minimum absolute atomic E-state index is 0.477. The Morgan fingerprint density at radius 1 is 1.05 bits per heavy atom. The first kappa shape index (κ1) is 36.1. The minimum atomic E-state index is -6.09. The molecule has 0 radical (unpaired) electrons. The van der Waals surface area contributed by atoms with Gasteiger partial charge in [-0.25, -0.2) is 8.42 Å². The largest absolute Gasteiger partial charge is 0.741 e. The van der Waals surface area contributed by atoms with E-state index < -0.39 is 15.6 Å². The molecule has 0 spiro atoms. The monoisotopic (exact) mass is 675 g/mol. The molecule has 0 bridgehead atoms. The summed E-state index contributed by atoms with van der Waals surface area (Å²) in [5, 5.41) is 2.14. The average Bonchev–Trinajstić information content (AvgIpc) is 3.29. The highest BCUT2D eigenvalue weighted by atomic mass is 33.1. The van der Waals surface area contributed by atoms with Gasteiger partial charge in [0.15, 0.2) is 16.3 Å². The van der Waals surface area contributed by atoms with E-state index >= 15 is 0 Å². The zero-order valence-electron chi connectivity index (χ0n) is 27.2. The third-order valence-electron chi connectivity index (χ3n) is 11.8. The molecular formula is C34H52F3NO3S3. The van der Waals surface area contributed by atoms with Gasteiger partial charge >= 0.3 is 5.51 Å². The highest BCUT2D eigenvalue weighted by Gasteiger charge is 2.59. The van der Waals surface area contributed by atoms with Crippen molar-refractivity contribution in [2.75, 3.05) is 0 Å². The molecule has 3 fully saturated rings. The zero-order chi connectivity index (χ0) is 32.5. The smallest absolute Gasteiger partial charge is 0.485 e. The van der Waals surface area contributed by atoms with Crippen LogP contribution in [0.15, 0.2) is 41.1 Å². The van der Waals surface area contributed by atoms with E-state index in [2.05, 4.69) is 87.5 Å². The second kappa shape index (κ2) is 14.2. The van der Waals surface area contributed by atoms with Crippen molar-refractivity contribution in [2.24, 2.45) is 53.4 Å². The number of allylic oxidation sites excluding steroid dienone is 2. The van der Waals surface area contributed by atoms with Gasteiger partial charge in [-0.05, 0) is 104 Å². The van der Waals surface area contributed by atoms with Crippen LogP contribution < -0.4 is 4.57 Å². The molecule has 10 heteroatoms. The van der Waals surface area contributed by atoms with Gasteiger partial charge in [0, 0.05) is 28.2 Å². The molecular weight excluding hydrogens is 624 g/mol. The topological polar surface area (TPSA) is 61.1 Å². The molecule has 0 N–H and O–H groups in total. The fourth-order valence-corrected chi connectivity index (χ4v) is 12.2. The van der Waals surface area contributed by atoms with Crippen molar-refractivity contribution in [1.29, 1.82) is 0 Å². The lowest BCUT2D eigenvalue weighted by Crippen LogP contribution is -2.50. The SMILES string of the molecule is CC(C)CCC[C@@H](C)[C@H]1CC[C@H]2[C@@H]3CC=C4CC(SSc5cccc[n+]5C)CC[C@]4(C)[C@H]3CC[C@]12C.O=S(=O)([O-])C(F)(F)F. The van der Waals surface area contributed by atoms with Crippen molar-refractivity contribution in [1.82, 2.24) is 0 Å². The van der Waals surface area contributed by atoms with Crippen molar-refractivity contribution in [2.45, 2.75) is 121 Å². The molecule has 4 nitrogen and oxygen atoms in total. The average molecular weight is 676 g/mol. The Morgan fingerprint density at radius 2 is 1.75 bits per heavy atom. The molecule has 1 aromatic heterocycles. The summed E-state index contributed by atoms with van der Waals surface area (Å²) in [6, 6.07) is 6.55. The maximum Gasteiger partial charge on any atom is 0.485 e. The number of nitrogens with zero attached hydrogens (tertiary/aromatic N) is 1. The Labute approximate surface area is 272 Å². The number of halogens is 3. The van der Waals surface area contributed by atoms with E-state index in [4.69, 9.17) is 13.0 Å². The van der Waals surface area contributed by atoms with E-state index in [0.29, 0.717) is 10.8 Å². The summed E-state index contributed by atoms with van der Waals surface area (Å²) < 4.78 is 61.2. The van der Waals surface area contributed by atoms with Crippen molar-refractivity contribution in [3.63, 3.8) is 0 Å². The second-order valence-corrected chi connectivity index (χ2v) is 18.8. The minimum Gasteiger partial charge on any atom is -0.741 e. The van der Waals surface area contributed by atoms with Gasteiger partial charge in [-0.3, -0.25) is 0 Å². The predicted octanol–water partition coefficient (Wildman–Crippen LogP) is 9.71. The fraction of sp³-hybridized carbons (Fsp3) is 0.794. The highest BCUT2D eigenvalue weighted by Crippen LogP contribution is 2.67. The molecule has 0 aromatic carbocycles. The second-order valence-electron chi connectivity index (χ2n) is 14.9. The first-order valence-corrected chi connectivity index (χ1v) is 20.1. The third kappa shape index (κ3) is 7.87. The van der Waals surface area contributed by atoms with Crippen LogP contribution in [0, 0.1) is 46.3 Å². The van der Waals surface area contributed by atoms with Crippen LogP contribution in [-0.4, -0.2) is 23.7 Å². The Hall–Kier alpha value is -0.710. The van der Waals surface area contributed by atoms with E-state index in [1.807, 2.05) is 16.4 Å². The summed E-state index contributed by atoms with van der Waals surface area (Å²) in [6.45, 7) is 12.8. The molecule has 1 unspecified atom stereocenters. The fourth-order valence-electron chi connectivity index (χ4n) is 9.45. The van der Waals surface area contributed by atoms with E-state index in [0.717, 1.165) is 40.8 Å². The Morgan fingerprint density at radius 3 is 2.39 bits per heavy atom. The number of alkyl halides is 3. The van der Waals surface area contributed by atoms with Gasteiger partial charge in [0.05, 0.1) is 0 Å². The van der Waals surface area contributed by atoms with Crippen LogP contribution >= 0.6 is 21.6 Å². The van der Waals surface area contributed by atoms with Gasteiger partial charge in [0.1, 0.15) is 7.05 Å². The van der Waals surface area contributed by atoms with E-state index in [1.165, 1.54) is 75.7 Å². The summed E-state index contributed by atoms with van der Waals surface area (Å²) in [5.41, 5.74) is -2.72. The molecule has 5 rings (SSSR count). The van der Waals surface area contributed by atoms with Gasteiger partial charge in [-0.2, -0.15) is 17.7 Å². The number of hydrogen-bond donors (Lipinski definition) is 0. The maximum absolute atomic E-state index is 10.7. The molecule has 4 aliphatic carbocycles. The van der Waals surface area contributed by atoms with Crippen molar-refractivity contribution in [3.05, 3.63) is 36.0 Å². The van der Waals surface area contributed by atoms with Gasteiger partial charge in [-0.1, -0.05) is 76.3 Å². The Kier molecular flexibility index (Phi) is 11.6. The zero-order valence-corrected chi connectivity index (χ0v) is 29.7. The maximum atomic E-state index is 10.7. The van der Waals surface area contributed by atoms with Crippen LogP contribution in [0.25, 0.3) is 0 Å². The van der Waals surface area contributed by atoms with Gasteiger partial charge in [-0.15, -0.1) is 0 Å². The normalized spacial score (nSPS) is 34.2. The van der Waals surface area contributed by atoms with Crippen molar-refractivity contribution in [3.8, 4) is 0 Å². The number of fused-ring (bicyclic) bond motifs is 5. The summed E-state index contributed by atoms with van der Waals surface area (Å²) in [7, 11) is 0.197. The van der Waals surface area contributed by atoms with Crippen molar-refractivity contribution >= 4 is 31.7 Å². The van der Waals surface area contributed by atoms with E-state index in [1.54, 1.807) is 0 Å². The van der Waals surface area contributed by atoms with Crippen LogP contribution in [0.5, 0.6) is 0 Å².